The smallest absolute Gasteiger partial charge is 0.128 e. The van der Waals surface area contributed by atoms with Gasteiger partial charge >= 0.3 is 0 Å². The van der Waals surface area contributed by atoms with Gasteiger partial charge in [-0.3, -0.25) is 4.98 Å². The van der Waals surface area contributed by atoms with Crippen molar-refractivity contribution in [2.75, 3.05) is 7.11 Å². The highest BCUT2D eigenvalue weighted by Crippen LogP contribution is 2.29. The molecule has 4 heteroatoms. The highest BCUT2D eigenvalue weighted by Gasteiger charge is 2.12. The molecular weight excluding hydrogens is 250 g/mol. The molecule has 0 fully saturated rings. The van der Waals surface area contributed by atoms with Crippen LogP contribution in [-0.4, -0.2) is 12.1 Å². The Hall–Kier alpha value is -2.80. The number of hydrogen-bond donors (Lipinski definition) is 1. The van der Waals surface area contributed by atoms with Crippen LogP contribution in [0.3, 0.4) is 0 Å². The summed E-state index contributed by atoms with van der Waals surface area (Å²) in [5.74, 6) is 0.648. The molecule has 0 amide bonds. The first-order valence-electron chi connectivity index (χ1n) is 6.12. The summed E-state index contributed by atoms with van der Waals surface area (Å²) >= 11 is 0. The molecule has 1 heterocycles. The molecule has 0 saturated carbocycles. The molecular formula is C16H15N3O. The highest BCUT2D eigenvalue weighted by atomic mass is 16.5. The van der Waals surface area contributed by atoms with Crippen LogP contribution in [0.25, 0.3) is 11.3 Å². The quantitative estimate of drug-likeness (QED) is 0.866. The van der Waals surface area contributed by atoms with Crippen molar-refractivity contribution in [3.05, 3.63) is 59.4 Å². The largest absolute Gasteiger partial charge is 0.496 e. The van der Waals surface area contributed by atoms with E-state index in [4.69, 9.17) is 10.5 Å². The molecule has 0 aliphatic rings. The summed E-state index contributed by atoms with van der Waals surface area (Å²) in [6.45, 7) is 1.97. The summed E-state index contributed by atoms with van der Waals surface area (Å²) in [5, 5.41) is 9.39. The van der Waals surface area contributed by atoms with Crippen LogP contribution in [-0.2, 0) is 0 Å². The zero-order valence-electron chi connectivity index (χ0n) is 11.4. The lowest BCUT2D eigenvalue weighted by atomic mass is 10.00. The Labute approximate surface area is 118 Å². The van der Waals surface area contributed by atoms with Crippen LogP contribution >= 0.6 is 0 Å². The summed E-state index contributed by atoms with van der Waals surface area (Å²) in [6, 6.07) is 11.4. The van der Waals surface area contributed by atoms with Crippen LogP contribution in [0.1, 0.15) is 16.7 Å². The number of nitrogens with zero attached hydrogens (tertiary/aromatic N) is 2. The normalized spacial score (nSPS) is 11.4. The lowest BCUT2D eigenvalue weighted by molar-refractivity contribution is 0.413. The number of hydrogen-bond acceptors (Lipinski definition) is 4. The highest BCUT2D eigenvalue weighted by molar-refractivity contribution is 5.97. The second kappa shape index (κ2) is 5.89. The maximum Gasteiger partial charge on any atom is 0.128 e. The fourth-order valence-electron chi connectivity index (χ4n) is 1.97. The summed E-state index contributed by atoms with van der Waals surface area (Å²) in [4.78, 5) is 3.94. The maximum absolute atomic E-state index is 9.39. The topological polar surface area (TPSA) is 71.9 Å². The van der Waals surface area contributed by atoms with Gasteiger partial charge in [0.25, 0.3) is 0 Å². The molecule has 2 N–H and O–H groups in total. The van der Waals surface area contributed by atoms with Crippen molar-refractivity contribution in [1.82, 2.24) is 4.98 Å². The summed E-state index contributed by atoms with van der Waals surface area (Å²) in [7, 11) is 1.58. The second-order valence-electron chi connectivity index (χ2n) is 4.34. The third kappa shape index (κ3) is 2.62. The number of methoxy groups -OCH3 is 1. The molecule has 0 aliphatic carbocycles. The van der Waals surface area contributed by atoms with Crippen molar-refractivity contribution in [2.24, 2.45) is 5.73 Å². The lowest BCUT2D eigenvalue weighted by Crippen LogP contribution is -2.03. The minimum Gasteiger partial charge on any atom is -0.496 e. The Kier molecular flexibility index (Phi) is 4.02. The van der Waals surface area contributed by atoms with Crippen LogP contribution in [0.15, 0.2) is 42.7 Å². The molecule has 0 bridgehead atoms. The van der Waals surface area contributed by atoms with E-state index >= 15 is 0 Å². The van der Waals surface area contributed by atoms with Gasteiger partial charge in [-0.1, -0.05) is 11.6 Å². The first kappa shape index (κ1) is 13.6. The molecule has 1 aromatic carbocycles. The first-order chi connectivity index (χ1) is 9.67. The summed E-state index contributed by atoms with van der Waals surface area (Å²) in [5.41, 5.74) is 9.51. The molecule has 0 saturated heterocycles. The maximum atomic E-state index is 9.39. The molecule has 1 aromatic heterocycles. The summed E-state index contributed by atoms with van der Waals surface area (Å²) < 4.78 is 5.32. The van der Waals surface area contributed by atoms with E-state index in [0.29, 0.717) is 17.0 Å². The molecule has 2 rings (SSSR count). The van der Waals surface area contributed by atoms with Crippen LogP contribution in [0.5, 0.6) is 5.75 Å². The standard InChI is InChI=1S/C16H15N3O/c1-11-3-4-15(20-2)13(9-11)16(18)14(10-17)12-5-7-19-8-6-12/h3-9H,18H2,1-2H3/b16-14+. The molecule has 0 radical (unpaired) electrons. The third-order valence-corrected chi connectivity index (χ3v) is 3.00. The van der Waals surface area contributed by atoms with Gasteiger partial charge in [-0.15, -0.1) is 0 Å². The summed E-state index contributed by atoms with van der Waals surface area (Å²) in [6.07, 6.45) is 3.26. The van der Waals surface area contributed by atoms with Crippen molar-refractivity contribution < 1.29 is 4.74 Å². The molecule has 2 aromatic rings. The van der Waals surface area contributed by atoms with E-state index in [1.165, 1.54) is 0 Å². The predicted molar refractivity (Wildman–Crippen MR) is 78.6 cm³/mol. The Morgan fingerprint density at radius 2 is 1.95 bits per heavy atom. The van der Waals surface area contributed by atoms with E-state index < -0.39 is 0 Å². The Balaban J connectivity index is 2.64. The van der Waals surface area contributed by atoms with Crippen molar-refractivity contribution in [3.8, 4) is 11.8 Å². The van der Waals surface area contributed by atoms with Crippen LogP contribution in [0.4, 0.5) is 0 Å². The van der Waals surface area contributed by atoms with Gasteiger partial charge in [0.15, 0.2) is 0 Å². The minimum atomic E-state index is 0.402. The molecule has 0 aliphatic heterocycles. The van der Waals surface area contributed by atoms with E-state index in [2.05, 4.69) is 11.1 Å². The number of aromatic nitrogens is 1. The second-order valence-corrected chi connectivity index (χ2v) is 4.34. The van der Waals surface area contributed by atoms with Crippen LogP contribution in [0, 0.1) is 18.3 Å². The van der Waals surface area contributed by atoms with E-state index in [1.54, 1.807) is 31.6 Å². The van der Waals surface area contributed by atoms with Gasteiger partial charge in [0, 0.05) is 18.0 Å². The van der Waals surface area contributed by atoms with Crippen molar-refractivity contribution >= 4 is 11.3 Å². The van der Waals surface area contributed by atoms with Crippen molar-refractivity contribution in [3.63, 3.8) is 0 Å². The number of pyridine rings is 1. The van der Waals surface area contributed by atoms with E-state index in [1.807, 2.05) is 25.1 Å². The molecule has 20 heavy (non-hydrogen) atoms. The SMILES string of the molecule is COc1ccc(C)cc1/C(N)=C(/C#N)c1ccncc1. The average Bonchev–Trinajstić information content (AvgIpc) is 2.49. The number of benzene rings is 1. The molecule has 100 valence electrons. The minimum absolute atomic E-state index is 0.402. The number of allylic oxidation sites excluding steroid dienone is 1. The van der Waals surface area contributed by atoms with Crippen LogP contribution in [0.2, 0.25) is 0 Å². The molecule has 0 spiro atoms. The molecule has 4 nitrogen and oxygen atoms in total. The zero-order valence-corrected chi connectivity index (χ0v) is 11.4. The van der Waals surface area contributed by atoms with Crippen molar-refractivity contribution in [2.45, 2.75) is 6.92 Å². The Morgan fingerprint density at radius 1 is 1.25 bits per heavy atom. The lowest BCUT2D eigenvalue weighted by Gasteiger charge is -2.11. The van der Waals surface area contributed by atoms with Gasteiger partial charge in [-0.25, -0.2) is 0 Å². The van der Waals surface area contributed by atoms with Crippen molar-refractivity contribution in [1.29, 1.82) is 5.26 Å². The van der Waals surface area contributed by atoms with Gasteiger partial charge < -0.3 is 10.5 Å². The van der Waals surface area contributed by atoms with Gasteiger partial charge in [0.1, 0.15) is 11.8 Å². The van der Waals surface area contributed by atoms with E-state index in [-0.39, 0.29) is 0 Å². The third-order valence-electron chi connectivity index (χ3n) is 3.00. The van der Waals surface area contributed by atoms with Crippen LogP contribution < -0.4 is 10.5 Å². The average molecular weight is 265 g/mol. The van der Waals surface area contributed by atoms with E-state index in [0.717, 1.165) is 16.7 Å². The fraction of sp³-hybridized carbons (Fsp3) is 0.125. The monoisotopic (exact) mass is 265 g/mol. The number of aryl methyl sites for hydroxylation is 1. The number of rotatable bonds is 3. The number of ether oxygens (including phenoxy) is 1. The van der Waals surface area contributed by atoms with Gasteiger partial charge in [-0.05, 0) is 36.8 Å². The Morgan fingerprint density at radius 3 is 2.55 bits per heavy atom. The number of nitrogens with two attached hydrogens (primary N) is 1. The van der Waals surface area contributed by atoms with Gasteiger partial charge in [0.2, 0.25) is 0 Å². The Bertz CT molecular complexity index is 685. The van der Waals surface area contributed by atoms with Gasteiger partial charge in [-0.2, -0.15) is 5.26 Å². The number of nitriles is 1. The first-order valence-corrected chi connectivity index (χ1v) is 6.12. The predicted octanol–water partition coefficient (Wildman–Crippen LogP) is 2.75. The van der Waals surface area contributed by atoms with E-state index in [9.17, 15) is 5.26 Å². The fourth-order valence-corrected chi connectivity index (χ4v) is 1.97. The zero-order chi connectivity index (χ0) is 14.5. The van der Waals surface area contributed by atoms with Gasteiger partial charge in [0.05, 0.1) is 18.4 Å². The molecule has 0 atom stereocenters. The molecule has 0 unspecified atom stereocenters.